The number of benzene rings is 2. The maximum Gasteiger partial charge on any atom is 0.336 e. The second kappa shape index (κ2) is 9.66. The Bertz CT molecular complexity index is 816. The molecule has 6 nitrogen and oxygen atoms in total. The molecule has 0 bridgehead atoms. The molecule has 0 unspecified atom stereocenters. The van der Waals surface area contributed by atoms with Crippen LogP contribution < -0.4 is 10.9 Å². The van der Waals surface area contributed by atoms with E-state index in [-0.39, 0.29) is 11.6 Å². The molecule has 0 aromatic heterocycles. The van der Waals surface area contributed by atoms with Crippen molar-refractivity contribution in [1.82, 2.24) is 20.7 Å². The van der Waals surface area contributed by atoms with E-state index >= 15 is 0 Å². The van der Waals surface area contributed by atoms with Gasteiger partial charge in [0.25, 0.3) is 5.91 Å². The predicted molar refractivity (Wildman–Crippen MR) is 106 cm³/mol. The van der Waals surface area contributed by atoms with Crippen LogP contribution in [0.25, 0.3) is 6.08 Å². The number of carbonyl (C=O) groups is 2. The van der Waals surface area contributed by atoms with Crippen LogP contribution in [0.3, 0.4) is 0 Å². The molecular formula is C21H23FN4O2. The van der Waals surface area contributed by atoms with E-state index in [0.717, 1.165) is 25.2 Å². The smallest absolute Gasteiger partial charge is 0.321 e. The van der Waals surface area contributed by atoms with E-state index in [2.05, 4.69) is 40.0 Å². The lowest BCUT2D eigenvalue weighted by molar-refractivity contribution is 0.0922. The van der Waals surface area contributed by atoms with Gasteiger partial charge >= 0.3 is 6.03 Å². The third-order valence-corrected chi connectivity index (χ3v) is 4.52. The number of urea groups is 1. The highest BCUT2D eigenvalue weighted by Gasteiger charge is 2.20. The van der Waals surface area contributed by atoms with Crippen LogP contribution in [0.2, 0.25) is 0 Å². The zero-order chi connectivity index (χ0) is 19.8. The van der Waals surface area contributed by atoms with Crippen molar-refractivity contribution in [3.8, 4) is 0 Å². The lowest BCUT2D eigenvalue weighted by atomic mass is 10.2. The van der Waals surface area contributed by atoms with Gasteiger partial charge in [-0.25, -0.2) is 14.6 Å². The summed E-state index contributed by atoms with van der Waals surface area (Å²) in [6, 6.07) is 14.9. The van der Waals surface area contributed by atoms with Gasteiger partial charge in [-0.2, -0.15) is 0 Å². The van der Waals surface area contributed by atoms with Crippen molar-refractivity contribution in [3.05, 3.63) is 77.6 Å². The van der Waals surface area contributed by atoms with Crippen molar-refractivity contribution in [3.63, 3.8) is 0 Å². The molecule has 2 aromatic carbocycles. The van der Waals surface area contributed by atoms with E-state index < -0.39 is 11.7 Å². The lowest BCUT2D eigenvalue weighted by Gasteiger charge is -2.34. The fourth-order valence-electron chi connectivity index (χ4n) is 2.90. The van der Waals surface area contributed by atoms with Gasteiger partial charge in [0.1, 0.15) is 5.82 Å². The molecule has 1 aliphatic heterocycles. The molecular weight excluding hydrogens is 359 g/mol. The number of rotatable bonds is 4. The van der Waals surface area contributed by atoms with Gasteiger partial charge in [-0.1, -0.05) is 42.5 Å². The molecule has 146 valence electrons. The predicted octanol–water partition coefficient (Wildman–Crippen LogP) is 2.51. The Balaban J connectivity index is 1.38. The van der Waals surface area contributed by atoms with Gasteiger partial charge in [0.2, 0.25) is 0 Å². The Morgan fingerprint density at radius 2 is 1.61 bits per heavy atom. The molecule has 0 saturated carbocycles. The number of piperazine rings is 1. The number of hydrazine groups is 1. The second-order valence-electron chi connectivity index (χ2n) is 6.49. The molecule has 3 rings (SSSR count). The van der Waals surface area contributed by atoms with Crippen LogP contribution >= 0.6 is 0 Å². The summed E-state index contributed by atoms with van der Waals surface area (Å²) >= 11 is 0. The van der Waals surface area contributed by atoms with E-state index in [0.29, 0.717) is 13.1 Å². The molecule has 1 saturated heterocycles. The van der Waals surface area contributed by atoms with Gasteiger partial charge in [0.15, 0.2) is 0 Å². The first-order chi connectivity index (χ1) is 13.6. The van der Waals surface area contributed by atoms with Crippen LogP contribution in [-0.4, -0.2) is 54.5 Å². The minimum absolute atomic E-state index is 0.275. The van der Waals surface area contributed by atoms with Gasteiger partial charge in [-0.3, -0.25) is 15.1 Å². The van der Waals surface area contributed by atoms with E-state index in [4.69, 9.17) is 0 Å². The topological polar surface area (TPSA) is 64.7 Å². The quantitative estimate of drug-likeness (QED) is 0.799. The van der Waals surface area contributed by atoms with Crippen molar-refractivity contribution in [2.75, 3.05) is 32.7 Å². The van der Waals surface area contributed by atoms with Crippen molar-refractivity contribution < 1.29 is 14.0 Å². The highest BCUT2D eigenvalue weighted by atomic mass is 19.1. The van der Waals surface area contributed by atoms with Crippen LogP contribution in [0.15, 0.2) is 60.7 Å². The van der Waals surface area contributed by atoms with E-state index in [1.54, 1.807) is 4.90 Å². The van der Waals surface area contributed by atoms with Crippen LogP contribution in [-0.2, 0) is 0 Å². The van der Waals surface area contributed by atoms with Crippen molar-refractivity contribution in [1.29, 1.82) is 0 Å². The van der Waals surface area contributed by atoms with Crippen LogP contribution in [0, 0.1) is 5.82 Å². The van der Waals surface area contributed by atoms with Gasteiger partial charge in [-0.05, 0) is 29.8 Å². The molecule has 1 aliphatic rings. The summed E-state index contributed by atoms with van der Waals surface area (Å²) in [6.07, 6.45) is 4.21. The molecule has 3 amide bonds. The number of hydrogen-bond donors (Lipinski definition) is 2. The Morgan fingerprint density at radius 3 is 2.29 bits per heavy atom. The summed E-state index contributed by atoms with van der Waals surface area (Å²) in [5.41, 5.74) is 6.20. The molecule has 7 heteroatoms. The Hall–Kier alpha value is -3.19. The zero-order valence-corrected chi connectivity index (χ0v) is 15.5. The molecule has 1 fully saturated rings. The third kappa shape index (κ3) is 5.65. The fraction of sp³-hybridized carbons (Fsp3) is 0.238. The van der Waals surface area contributed by atoms with Crippen LogP contribution in [0.4, 0.5) is 9.18 Å². The number of nitrogens with one attached hydrogen (secondary N) is 2. The standard InChI is InChI=1S/C21H23FN4O2/c22-19-10-8-18(9-11-19)20(27)23-24-21(28)26-15-13-25(14-16-26)12-4-7-17-5-2-1-3-6-17/h1-11H,12-16H2,(H,23,27)(H,24,28)/b7-4+. The van der Waals surface area contributed by atoms with Crippen LogP contribution in [0.1, 0.15) is 15.9 Å². The average molecular weight is 382 g/mol. The molecule has 2 N–H and O–H groups in total. The number of carbonyl (C=O) groups excluding carboxylic acids is 2. The van der Waals surface area contributed by atoms with Crippen molar-refractivity contribution in [2.45, 2.75) is 0 Å². The molecule has 28 heavy (non-hydrogen) atoms. The minimum atomic E-state index is -0.488. The normalized spacial score (nSPS) is 14.8. The van der Waals surface area contributed by atoms with Crippen LogP contribution in [0.5, 0.6) is 0 Å². The van der Waals surface area contributed by atoms with E-state index in [1.807, 2.05) is 18.2 Å². The summed E-state index contributed by atoms with van der Waals surface area (Å²) in [5, 5.41) is 0. The second-order valence-corrected chi connectivity index (χ2v) is 6.49. The highest BCUT2D eigenvalue weighted by molar-refractivity contribution is 5.95. The first-order valence-electron chi connectivity index (χ1n) is 9.16. The summed E-state index contributed by atoms with van der Waals surface area (Å²) in [7, 11) is 0. The van der Waals surface area contributed by atoms with Gasteiger partial charge in [-0.15, -0.1) is 0 Å². The SMILES string of the molecule is O=C(NNC(=O)N1CCN(C/C=C/c2ccccc2)CC1)c1ccc(F)cc1. The van der Waals surface area contributed by atoms with E-state index in [1.165, 1.54) is 24.3 Å². The van der Waals surface area contributed by atoms with E-state index in [9.17, 15) is 14.0 Å². The van der Waals surface area contributed by atoms with Crippen molar-refractivity contribution >= 4 is 18.0 Å². The van der Waals surface area contributed by atoms with Gasteiger partial charge in [0, 0.05) is 38.3 Å². The fourth-order valence-corrected chi connectivity index (χ4v) is 2.90. The monoisotopic (exact) mass is 382 g/mol. The number of amides is 3. The Morgan fingerprint density at radius 1 is 0.929 bits per heavy atom. The molecule has 0 atom stereocenters. The molecule has 0 radical (unpaired) electrons. The highest BCUT2D eigenvalue weighted by Crippen LogP contribution is 2.05. The summed E-state index contributed by atoms with van der Waals surface area (Å²) in [4.78, 5) is 28.1. The summed E-state index contributed by atoms with van der Waals surface area (Å²) < 4.78 is 12.9. The van der Waals surface area contributed by atoms with Crippen molar-refractivity contribution in [2.24, 2.45) is 0 Å². The molecule has 1 heterocycles. The van der Waals surface area contributed by atoms with Gasteiger partial charge < -0.3 is 4.90 Å². The zero-order valence-electron chi connectivity index (χ0n) is 15.5. The molecule has 2 aromatic rings. The first kappa shape index (κ1) is 19.6. The molecule has 0 spiro atoms. The third-order valence-electron chi connectivity index (χ3n) is 4.52. The Labute approximate surface area is 163 Å². The Kier molecular flexibility index (Phi) is 6.75. The lowest BCUT2D eigenvalue weighted by Crippen LogP contribution is -2.55. The number of nitrogens with zero attached hydrogens (tertiary/aromatic N) is 2. The van der Waals surface area contributed by atoms with Gasteiger partial charge in [0.05, 0.1) is 0 Å². The largest absolute Gasteiger partial charge is 0.336 e. The number of halogens is 1. The maximum atomic E-state index is 12.9. The maximum absolute atomic E-state index is 12.9. The average Bonchev–Trinajstić information content (AvgIpc) is 2.73. The molecule has 0 aliphatic carbocycles. The first-order valence-corrected chi connectivity index (χ1v) is 9.16. The summed E-state index contributed by atoms with van der Waals surface area (Å²) in [5.74, 6) is -0.907. The number of hydrogen-bond acceptors (Lipinski definition) is 3. The minimum Gasteiger partial charge on any atom is -0.321 e. The summed E-state index contributed by atoms with van der Waals surface area (Å²) in [6.45, 7) is 3.51.